The Hall–Kier alpha value is -3.43. The molecule has 1 aliphatic rings. The summed E-state index contributed by atoms with van der Waals surface area (Å²) in [5.41, 5.74) is 3.01. The van der Waals surface area contributed by atoms with E-state index in [0.717, 1.165) is 16.8 Å². The number of halogens is 1. The highest BCUT2D eigenvalue weighted by molar-refractivity contribution is 7.14. The summed E-state index contributed by atoms with van der Waals surface area (Å²) in [6, 6.07) is 15.1. The van der Waals surface area contributed by atoms with Crippen LogP contribution in [0, 0.1) is 6.92 Å². The Balaban J connectivity index is 1.49. The first kappa shape index (κ1) is 25.7. The van der Waals surface area contributed by atoms with E-state index in [-0.39, 0.29) is 36.5 Å². The summed E-state index contributed by atoms with van der Waals surface area (Å²) in [7, 11) is 0. The number of carbonyl (C=O) groups is 3. The smallest absolute Gasteiger partial charge is 0.274 e. The summed E-state index contributed by atoms with van der Waals surface area (Å²) in [5.74, 6) is -0.462. The van der Waals surface area contributed by atoms with Crippen LogP contribution in [-0.4, -0.2) is 70.1 Å². The van der Waals surface area contributed by atoms with Gasteiger partial charge in [0.2, 0.25) is 11.8 Å². The number of aryl methyl sites for hydroxylation is 1. The molecule has 3 amide bonds. The Morgan fingerprint density at radius 1 is 1.06 bits per heavy atom. The van der Waals surface area contributed by atoms with Crippen molar-refractivity contribution in [3.8, 4) is 0 Å². The standard InChI is InChI=1S/C26H28ClN5O3S/c1-18-8-9-21(27)14-22(18)28-26-29-23(17-36-26)25(35)32(15-20-6-4-3-5-7-20)16-24(34)31-12-10-30(11-13-31)19(2)33/h3-9,14,17H,10-13,15-16H2,1-2H3,(H,28,29). The number of carbonyl (C=O) groups excluding carboxylic acids is 3. The lowest BCUT2D eigenvalue weighted by molar-refractivity contribution is -0.138. The highest BCUT2D eigenvalue weighted by Gasteiger charge is 2.27. The summed E-state index contributed by atoms with van der Waals surface area (Å²) in [5, 5.41) is 6.09. The fourth-order valence-electron chi connectivity index (χ4n) is 3.97. The molecule has 1 fully saturated rings. The van der Waals surface area contributed by atoms with Crippen molar-refractivity contribution in [2.24, 2.45) is 0 Å². The zero-order valence-corrected chi connectivity index (χ0v) is 21.8. The number of hydrogen-bond donors (Lipinski definition) is 1. The van der Waals surface area contributed by atoms with E-state index in [0.29, 0.717) is 36.3 Å². The van der Waals surface area contributed by atoms with Crippen molar-refractivity contribution >= 4 is 51.5 Å². The van der Waals surface area contributed by atoms with Gasteiger partial charge in [0.05, 0.1) is 0 Å². The molecular formula is C26H28ClN5O3S. The molecular weight excluding hydrogens is 498 g/mol. The zero-order chi connectivity index (χ0) is 25.7. The van der Waals surface area contributed by atoms with E-state index in [1.165, 1.54) is 23.2 Å². The molecule has 188 valence electrons. The number of nitrogens with zero attached hydrogens (tertiary/aromatic N) is 4. The van der Waals surface area contributed by atoms with Gasteiger partial charge >= 0.3 is 0 Å². The summed E-state index contributed by atoms with van der Waals surface area (Å²) in [4.78, 5) is 47.7. The van der Waals surface area contributed by atoms with Gasteiger partial charge in [-0.05, 0) is 30.2 Å². The lowest BCUT2D eigenvalue weighted by atomic mass is 10.2. The second kappa shape index (κ2) is 11.5. The maximum absolute atomic E-state index is 13.5. The monoisotopic (exact) mass is 525 g/mol. The molecule has 1 N–H and O–H groups in total. The van der Waals surface area contributed by atoms with Gasteiger partial charge in [-0.1, -0.05) is 48.0 Å². The minimum Gasteiger partial charge on any atom is -0.339 e. The average Bonchev–Trinajstić information content (AvgIpc) is 3.34. The molecule has 36 heavy (non-hydrogen) atoms. The number of rotatable bonds is 7. The molecule has 8 nitrogen and oxygen atoms in total. The van der Waals surface area contributed by atoms with Crippen LogP contribution in [0.3, 0.4) is 0 Å². The Labute approximate surface area is 219 Å². The number of nitrogens with one attached hydrogen (secondary N) is 1. The molecule has 0 atom stereocenters. The molecule has 4 rings (SSSR count). The van der Waals surface area contributed by atoms with E-state index in [9.17, 15) is 14.4 Å². The molecule has 0 radical (unpaired) electrons. The van der Waals surface area contributed by atoms with Gasteiger partial charge in [-0.3, -0.25) is 14.4 Å². The Bertz CT molecular complexity index is 1240. The topological polar surface area (TPSA) is 85.9 Å². The van der Waals surface area contributed by atoms with Crippen molar-refractivity contribution in [2.45, 2.75) is 20.4 Å². The first-order chi connectivity index (χ1) is 17.3. The van der Waals surface area contributed by atoms with Gasteiger partial charge in [0.15, 0.2) is 5.13 Å². The Morgan fingerprint density at radius 2 is 1.75 bits per heavy atom. The molecule has 0 unspecified atom stereocenters. The molecule has 2 heterocycles. The number of aromatic nitrogens is 1. The molecule has 0 spiro atoms. The molecule has 2 aromatic carbocycles. The zero-order valence-electron chi connectivity index (χ0n) is 20.2. The van der Waals surface area contributed by atoms with E-state index in [1.807, 2.05) is 55.5 Å². The van der Waals surface area contributed by atoms with Crippen molar-refractivity contribution in [3.63, 3.8) is 0 Å². The highest BCUT2D eigenvalue weighted by Crippen LogP contribution is 2.27. The minimum absolute atomic E-state index is 0.00361. The maximum Gasteiger partial charge on any atom is 0.274 e. The van der Waals surface area contributed by atoms with Gasteiger partial charge in [-0.25, -0.2) is 4.98 Å². The first-order valence-electron chi connectivity index (χ1n) is 11.7. The summed E-state index contributed by atoms with van der Waals surface area (Å²) >= 11 is 7.44. The number of benzene rings is 2. The fourth-order valence-corrected chi connectivity index (χ4v) is 4.84. The van der Waals surface area contributed by atoms with Crippen molar-refractivity contribution in [1.82, 2.24) is 19.7 Å². The van der Waals surface area contributed by atoms with Crippen LogP contribution in [0.2, 0.25) is 5.02 Å². The molecule has 0 aliphatic carbocycles. The van der Waals surface area contributed by atoms with Crippen molar-refractivity contribution < 1.29 is 14.4 Å². The molecule has 1 aromatic heterocycles. The Morgan fingerprint density at radius 3 is 2.44 bits per heavy atom. The van der Waals surface area contributed by atoms with Gasteiger partial charge < -0.3 is 20.0 Å². The second-order valence-electron chi connectivity index (χ2n) is 8.66. The normalized spacial score (nSPS) is 13.4. The maximum atomic E-state index is 13.5. The van der Waals surface area contributed by atoms with Gasteiger partial charge in [0.25, 0.3) is 5.91 Å². The SMILES string of the molecule is CC(=O)N1CCN(C(=O)CN(Cc2ccccc2)C(=O)c2csc(Nc3cc(Cl)ccc3C)n2)CC1. The molecule has 3 aromatic rings. The lowest BCUT2D eigenvalue weighted by Gasteiger charge is -2.35. The third-order valence-corrected chi connectivity index (χ3v) is 7.06. The highest BCUT2D eigenvalue weighted by atomic mass is 35.5. The number of piperazine rings is 1. The Kier molecular flexibility index (Phi) is 8.22. The second-order valence-corrected chi connectivity index (χ2v) is 9.95. The predicted octanol–water partition coefficient (Wildman–Crippen LogP) is 4.18. The summed E-state index contributed by atoms with van der Waals surface area (Å²) in [6.07, 6.45) is 0. The van der Waals surface area contributed by atoms with Crippen LogP contribution in [0.15, 0.2) is 53.9 Å². The van der Waals surface area contributed by atoms with Crippen LogP contribution >= 0.6 is 22.9 Å². The van der Waals surface area contributed by atoms with Gasteiger partial charge in [-0.2, -0.15) is 0 Å². The number of thiazole rings is 1. The molecule has 1 aliphatic heterocycles. The van der Waals surface area contributed by atoms with Gasteiger partial charge in [0, 0.05) is 55.7 Å². The van der Waals surface area contributed by atoms with Gasteiger partial charge in [0.1, 0.15) is 12.2 Å². The van der Waals surface area contributed by atoms with Crippen LogP contribution in [0.5, 0.6) is 0 Å². The fraction of sp³-hybridized carbons (Fsp3) is 0.308. The number of anilines is 2. The van der Waals surface area contributed by atoms with Crippen LogP contribution < -0.4 is 5.32 Å². The van der Waals surface area contributed by atoms with Crippen LogP contribution in [0.1, 0.15) is 28.5 Å². The van der Waals surface area contributed by atoms with Gasteiger partial charge in [-0.15, -0.1) is 11.3 Å². The summed E-state index contributed by atoms with van der Waals surface area (Å²) in [6.45, 7) is 5.61. The molecule has 1 saturated heterocycles. The van der Waals surface area contributed by atoms with Crippen molar-refractivity contribution in [3.05, 3.63) is 75.8 Å². The number of hydrogen-bond acceptors (Lipinski definition) is 6. The largest absolute Gasteiger partial charge is 0.339 e. The summed E-state index contributed by atoms with van der Waals surface area (Å²) < 4.78 is 0. The van der Waals surface area contributed by atoms with E-state index in [2.05, 4.69) is 10.3 Å². The van der Waals surface area contributed by atoms with Crippen LogP contribution in [0.4, 0.5) is 10.8 Å². The lowest BCUT2D eigenvalue weighted by Crippen LogP contribution is -2.52. The molecule has 0 saturated carbocycles. The van der Waals surface area contributed by atoms with E-state index in [4.69, 9.17) is 11.6 Å². The molecule has 0 bridgehead atoms. The van der Waals surface area contributed by atoms with Crippen LogP contribution in [0.25, 0.3) is 0 Å². The molecule has 10 heteroatoms. The first-order valence-corrected chi connectivity index (χ1v) is 12.9. The number of amides is 3. The van der Waals surface area contributed by atoms with E-state index < -0.39 is 0 Å². The minimum atomic E-state index is -0.318. The predicted molar refractivity (Wildman–Crippen MR) is 142 cm³/mol. The van der Waals surface area contributed by atoms with E-state index >= 15 is 0 Å². The third kappa shape index (κ3) is 6.41. The van der Waals surface area contributed by atoms with E-state index in [1.54, 1.807) is 15.2 Å². The van der Waals surface area contributed by atoms with Crippen LogP contribution in [-0.2, 0) is 16.1 Å². The third-order valence-electron chi connectivity index (χ3n) is 6.07. The van der Waals surface area contributed by atoms with Crippen molar-refractivity contribution in [2.75, 3.05) is 38.0 Å². The average molecular weight is 526 g/mol. The van der Waals surface area contributed by atoms with Crippen molar-refractivity contribution in [1.29, 1.82) is 0 Å². The quantitative estimate of drug-likeness (QED) is 0.500.